The van der Waals surface area contributed by atoms with Crippen molar-refractivity contribution >= 4 is 48.9 Å². The maximum atomic E-state index is 4.26. The Bertz CT molecular complexity index is 23.2. The molecule has 0 bridgehead atoms. The zero-order valence-corrected chi connectivity index (χ0v) is 7.40. The summed E-state index contributed by atoms with van der Waals surface area (Å²) in [6.45, 7) is 0. The molecule has 0 aliphatic rings. The van der Waals surface area contributed by atoms with E-state index in [1.54, 1.807) is 0 Å². The first-order chi connectivity index (χ1) is 3.33. The van der Waals surface area contributed by atoms with Crippen molar-refractivity contribution < 1.29 is 3.84 Å². The van der Waals surface area contributed by atoms with E-state index in [2.05, 4.69) is 52.7 Å². The molecular formula is C2H4BrCl2OP. The molecular weight excluding hydrogens is 222 g/mol. The van der Waals surface area contributed by atoms with E-state index >= 15 is 0 Å². The van der Waals surface area contributed by atoms with Crippen molar-refractivity contribution in [3.05, 3.63) is 0 Å². The Morgan fingerprint density at radius 2 is 1.71 bits per heavy atom. The Kier molecular flexibility index (Phi) is 25.2. The van der Waals surface area contributed by atoms with Crippen LogP contribution in [-0.4, -0.2) is 11.5 Å². The SMILES string of the molecule is ClOCl.[P]CCBr. The van der Waals surface area contributed by atoms with Crippen LogP contribution in [0, 0.1) is 0 Å². The fourth-order valence-electron chi connectivity index (χ4n) is 0. The molecule has 2 radical (unpaired) electrons. The van der Waals surface area contributed by atoms with E-state index in [1.807, 2.05) is 0 Å². The van der Waals surface area contributed by atoms with Crippen LogP contribution in [0.3, 0.4) is 0 Å². The fourth-order valence-corrected chi connectivity index (χ4v) is 0. The highest BCUT2D eigenvalue weighted by Crippen LogP contribution is 1.83. The molecule has 0 fully saturated rings. The van der Waals surface area contributed by atoms with Gasteiger partial charge in [-0.25, -0.2) is 0 Å². The van der Waals surface area contributed by atoms with Crippen molar-refractivity contribution in [2.24, 2.45) is 0 Å². The minimum absolute atomic E-state index is 0.931. The molecule has 0 aliphatic carbocycles. The van der Waals surface area contributed by atoms with Gasteiger partial charge in [-0.1, -0.05) is 15.9 Å². The lowest BCUT2D eigenvalue weighted by Crippen LogP contribution is -1.61. The first-order valence-electron chi connectivity index (χ1n) is 1.39. The van der Waals surface area contributed by atoms with E-state index in [0.717, 1.165) is 11.5 Å². The molecule has 0 N–H and O–H groups in total. The zero-order valence-electron chi connectivity index (χ0n) is 3.40. The first-order valence-corrected chi connectivity index (χ1v) is 3.76. The normalized spacial score (nSPS) is 6.86. The number of hydrogen-bond acceptors (Lipinski definition) is 1. The van der Waals surface area contributed by atoms with Crippen molar-refractivity contribution in [2.75, 3.05) is 11.5 Å². The second-order valence-electron chi connectivity index (χ2n) is 0.471. The van der Waals surface area contributed by atoms with Gasteiger partial charge in [0.2, 0.25) is 0 Å². The van der Waals surface area contributed by atoms with Crippen molar-refractivity contribution in [1.29, 1.82) is 0 Å². The molecule has 44 valence electrons. The maximum absolute atomic E-state index is 4.26. The highest BCUT2D eigenvalue weighted by molar-refractivity contribution is 9.09. The molecule has 0 aromatic heterocycles. The van der Waals surface area contributed by atoms with Crippen molar-refractivity contribution in [1.82, 2.24) is 0 Å². The highest BCUT2D eigenvalue weighted by atomic mass is 79.9. The third kappa shape index (κ3) is 36.9. The predicted molar refractivity (Wildman–Crippen MR) is 38.4 cm³/mol. The lowest BCUT2D eigenvalue weighted by atomic mass is 11.0. The molecule has 0 atom stereocenters. The van der Waals surface area contributed by atoms with Crippen LogP contribution in [0.1, 0.15) is 0 Å². The Morgan fingerprint density at radius 1 is 1.57 bits per heavy atom. The van der Waals surface area contributed by atoms with Gasteiger partial charge in [-0.2, -0.15) is 3.84 Å². The highest BCUT2D eigenvalue weighted by Gasteiger charge is 1.60. The zero-order chi connectivity index (χ0) is 6.12. The summed E-state index contributed by atoms with van der Waals surface area (Å²) in [7, 11) is 3.87. The second-order valence-corrected chi connectivity index (χ2v) is 2.18. The Balaban J connectivity index is 0. The number of rotatable bonds is 1. The van der Waals surface area contributed by atoms with Crippen LogP contribution in [0.25, 0.3) is 0 Å². The molecule has 5 heteroatoms. The smallest absolute Gasteiger partial charge is 0.0832 e. The molecule has 0 saturated carbocycles. The molecule has 7 heavy (non-hydrogen) atoms. The van der Waals surface area contributed by atoms with E-state index in [0.29, 0.717) is 0 Å². The molecule has 0 aromatic rings. The summed E-state index contributed by atoms with van der Waals surface area (Å²) < 4.78 is 3.19. The summed E-state index contributed by atoms with van der Waals surface area (Å²) in [5.41, 5.74) is 0. The van der Waals surface area contributed by atoms with E-state index in [-0.39, 0.29) is 0 Å². The lowest BCUT2D eigenvalue weighted by Gasteiger charge is -1.64. The van der Waals surface area contributed by atoms with Crippen LogP contribution in [-0.2, 0) is 3.84 Å². The lowest BCUT2D eigenvalue weighted by molar-refractivity contribution is 0.697. The summed E-state index contributed by atoms with van der Waals surface area (Å²) >= 11 is 11.7. The van der Waals surface area contributed by atoms with Crippen LogP contribution in [0.15, 0.2) is 0 Å². The molecule has 0 aliphatic heterocycles. The molecule has 0 rings (SSSR count). The average Bonchev–Trinajstić information content (AvgIpc) is 1.69. The summed E-state index contributed by atoms with van der Waals surface area (Å²) in [5, 5.41) is 0.996. The number of hydrogen-bond donors (Lipinski definition) is 0. The van der Waals surface area contributed by atoms with Gasteiger partial charge in [0.1, 0.15) is 0 Å². The van der Waals surface area contributed by atoms with Gasteiger partial charge in [-0.3, -0.25) is 0 Å². The third-order valence-electron chi connectivity index (χ3n) is 0.0845. The van der Waals surface area contributed by atoms with Gasteiger partial charge in [0.25, 0.3) is 0 Å². The maximum Gasteiger partial charge on any atom is 0.0832 e. The minimum Gasteiger partial charge on any atom is -0.166 e. The summed E-state index contributed by atoms with van der Waals surface area (Å²) in [4.78, 5) is 0. The molecule has 0 heterocycles. The van der Waals surface area contributed by atoms with Crippen LogP contribution in [0.5, 0.6) is 0 Å². The van der Waals surface area contributed by atoms with E-state index < -0.39 is 0 Å². The first kappa shape index (κ1) is 11.3. The van der Waals surface area contributed by atoms with Crippen molar-refractivity contribution in [2.45, 2.75) is 0 Å². The van der Waals surface area contributed by atoms with Gasteiger partial charge in [-0.05, 0) is 15.4 Å². The van der Waals surface area contributed by atoms with Gasteiger partial charge in [0.15, 0.2) is 0 Å². The van der Waals surface area contributed by atoms with Crippen molar-refractivity contribution in [3.63, 3.8) is 0 Å². The summed E-state index contributed by atoms with van der Waals surface area (Å²) in [5.74, 6) is 0. The molecule has 0 saturated heterocycles. The fraction of sp³-hybridized carbons (Fsp3) is 1.00. The quantitative estimate of drug-likeness (QED) is 0.492. The molecule has 0 unspecified atom stereocenters. The summed E-state index contributed by atoms with van der Waals surface area (Å²) in [6.07, 6.45) is 0.931. The molecule has 0 amide bonds. The van der Waals surface area contributed by atoms with Crippen LogP contribution in [0.2, 0.25) is 0 Å². The van der Waals surface area contributed by atoms with E-state index in [4.69, 9.17) is 0 Å². The van der Waals surface area contributed by atoms with Gasteiger partial charge < -0.3 is 0 Å². The largest absolute Gasteiger partial charge is 0.166 e. The van der Waals surface area contributed by atoms with Crippen LogP contribution < -0.4 is 0 Å². The van der Waals surface area contributed by atoms with E-state index in [1.165, 1.54) is 0 Å². The van der Waals surface area contributed by atoms with Gasteiger partial charge in [0.05, 0.1) is 23.7 Å². The Morgan fingerprint density at radius 3 is 1.71 bits per heavy atom. The predicted octanol–water partition coefficient (Wildman–Crippen LogP) is 3.10. The minimum atomic E-state index is 0.931. The van der Waals surface area contributed by atoms with Crippen molar-refractivity contribution in [3.8, 4) is 0 Å². The monoisotopic (exact) mass is 224 g/mol. The number of halogens is 3. The Labute approximate surface area is 64.4 Å². The summed E-state index contributed by atoms with van der Waals surface area (Å²) in [6, 6.07) is 0. The topological polar surface area (TPSA) is 9.23 Å². The average molecular weight is 226 g/mol. The molecule has 0 aromatic carbocycles. The Hall–Kier alpha value is 1.45. The third-order valence-corrected chi connectivity index (χ3v) is 1.32. The molecule has 0 spiro atoms. The van der Waals surface area contributed by atoms with Gasteiger partial charge in [0, 0.05) is 5.33 Å². The second kappa shape index (κ2) is 15.7. The van der Waals surface area contributed by atoms with Gasteiger partial charge >= 0.3 is 0 Å². The standard InChI is InChI=1S/C2H4BrP.Cl2O/c3-1-2-4;1-3-2/h1-2H2;. The van der Waals surface area contributed by atoms with Gasteiger partial charge in [-0.15, -0.1) is 0 Å². The van der Waals surface area contributed by atoms with Crippen LogP contribution >= 0.6 is 48.9 Å². The van der Waals surface area contributed by atoms with E-state index in [9.17, 15) is 0 Å². The number of alkyl halides is 1. The molecule has 1 nitrogen and oxygen atoms in total. The van der Waals surface area contributed by atoms with Crippen LogP contribution in [0.4, 0.5) is 0 Å².